The van der Waals surface area contributed by atoms with Crippen molar-refractivity contribution in [2.45, 2.75) is 0 Å². The van der Waals surface area contributed by atoms with Crippen LogP contribution in [0, 0.1) is 0 Å². The van der Waals surface area contributed by atoms with Crippen LogP contribution in [0.15, 0.2) is 66.7 Å². The molecular weight excluding hydrogens is 366 g/mol. The number of hydrogen-bond donors (Lipinski definition) is 1. The summed E-state index contributed by atoms with van der Waals surface area (Å²) in [4.78, 5) is 16.2. The zero-order valence-electron chi connectivity index (χ0n) is 16.5. The Morgan fingerprint density at radius 2 is 1.69 bits per heavy atom. The van der Waals surface area contributed by atoms with Gasteiger partial charge in [0.1, 0.15) is 16.8 Å². The first-order chi connectivity index (χ1) is 14.0. The van der Waals surface area contributed by atoms with Gasteiger partial charge in [-0.2, -0.15) is 4.80 Å². The molecular formula is C22H21N5O2. The molecule has 0 spiro atoms. The van der Waals surface area contributed by atoms with E-state index in [1.54, 1.807) is 36.2 Å². The molecule has 7 nitrogen and oxygen atoms in total. The molecule has 0 aliphatic carbocycles. The minimum atomic E-state index is -0.242. The fourth-order valence-corrected chi connectivity index (χ4v) is 3.02. The van der Waals surface area contributed by atoms with E-state index >= 15 is 0 Å². The highest BCUT2D eigenvalue weighted by molar-refractivity contribution is 6.06. The molecule has 146 valence electrons. The van der Waals surface area contributed by atoms with Gasteiger partial charge in [0.15, 0.2) is 0 Å². The Kier molecular flexibility index (Phi) is 4.87. The molecule has 0 bridgehead atoms. The average molecular weight is 387 g/mol. The molecule has 0 saturated carbocycles. The van der Waals surface area contributed by atoms with Crippen molar-refractivity contribution in [3.63, 3.8) is 0 Å². The maximum atomic E-state index is 12.6. The van der Waals surface area contributed by atoms with Gasteiger partial charge in [0.05, 0.1) is 18.4 Å². The van der Waals surface area contributed by atoms with Crippen molar-refractivity contribution < 1.29 is 9.53 Å². The number of methoxy groups -OCH3 is 1. The van der Waals surface area contributed by atoms with Crippen molar-refractivity contribution in [1.82, 2.24) is 15.0 Å². The second-order valence-electron chi connectivity index (χ2n) is 6.76. The number of amides is 1. The summed E-state index contributed by atoms with van der Waals surface area (Å²) in [6.45, 7) is 0. The van der Waals surface area contributed by atoms with Gasteiger partial charge in [0, 0.05) is 25.5 Å². The third-order valence-corrected chi connectivity index (χ3v) is 4.59. The van der Waals surface area contributed by atoms with E-state index in [1.165, 1.54) is 0 Å². The molecule has 0 atom stereocenters. The van der Waals surface area contributed by atoms with E-state index in [4.69, 9.17) is 4.74 Å². The zero-order chi connectivity index (χ0) is 20.4. The fourth-order valence-electron chi connectivity index (χ4n) is 3.02. The molecule has 0 fully saturated rings. The second kappa shape index (κ2) is 7.63. The predicted octanol–water partition coefficient (Wildman–Crippen LogP) is 3.75. The van der Waals surface area contributed by atoms with E-state index in [0.29, 0.717) is 22.5 Å². The van der Waals surface area contributed by atoms with E-state index in [-0.39, 0.29) is 5.91 Å². The van der Waals surface area contributed by atoms with Gasteiger partial charge in [-0.25, -0.2) is 0 Å². The molecule has 0 aliphatic rings. The van der Waals surface area contributed by atoms with Crippen LogP contribution >= 0.6 is 0 Å². The van der Waals surface area contributed by atoms with Crippen LogP contribution < -0.4 is 15.0 Å². The van der Waals surface area contributed by atoms with Crippen molar-refractivity contribution in [3.8, 4) is 11.4 Å². The van der Waals surface area contributed by atoms with Crippen LogP contribution in [-0.4, -0.2) is 42.1 Å². The number of para-hydroxylation sites is 1. The van der Waals surface area contributed by atoms with Crippen LogP contribution in [0.2, 0.25) is 0 Å². The molecule has 29 heavy (non-hydrogen) atoms. The molecule has 0 unspecified atom stereocenters. The van der Waals surface area contributed by atoms with Gasteiger partial charge in [-0.15, -0.1) is 10.2 Å². The van der Waals surface area contributed by atoms with E-state index in [2.05, 4.69) is 15.5 Å². The summed E-state index contributed by atoms with van der Waals surface area (Å²) in [6.07, 6.45) is 0. The van der Waals surface area contributed by atoms with E-state index in [9.17, 15) is 4.79 Å². The molecule has 4 aromatic rings. The largest absolute Gasteiger partial charge is 0.496 e. The summed E-state index contributed by atoms with van der Waals surface area (Å²) in [5, 5.41) is 12.0. The summed E-state index contributed by atoms with van der Waals surface area (Å²) >= 11 is 0. The SMILES string of the molecule is COc1ccccc1C(=O)Nc1ccc2nn(-c3ccc(N(C)C)cc3)nc2c1. The number of rotatable bonds is 5. The lowest BCUT2D eigenvalue weighted by molar-refractivity contribution is 0.102. The molecule has 1 N–H and O–H groups in total. The number of carbonyl (C=O) groups is 1. The first-order valence-corrected chi connectivity index (χ1v) is 9.14. The van der Waals surface area contributed by atoms with E-state index < -0.39 is 0 Å². The standard InChI is InChI=1S/C22H21N5O2/c1-26(2)16-9-11-17(12-10-16)27-24-19-13-8-15(14-20(19)25-27)23-22(28)18-6-4-5-7-21(18)29-3/h4-14H,1-3H3,(H,23,28). The Morgan fingerprint density at radius 1 is 0.966 bits per heavy atom. The Bertz CT molecular complexity index is 1170. The number of benzene rings is 3. The summed E-state index contributed by atoms with van der Waals surface area (Å²) in [5.41, 5.74) is 4.53. The number of aromatic nitrogens is 3. The average Bonchev–Trinajstić information content (AvgIpc) is 3.17. The Balaban J connectivity index is 1.59. The lowest BCUT2D eigenvalue weighted by Crippen LogP contribution is -2.13. The lowest BCUT2D eigenvalue weighted by Gasteiger charge is -2.12. The van der Waals surface area contributed by atoms with Crippen molar-refractivity contribution in [1.29, 1.82) is 0 Å². The maximum absolute atomic E-state index is 12.6. The van der Waals surface area contributed by atoms with Gasteiger partial charge in [-0.3, -0.25) is 4.79 Å². The van der Waals surface area contributed by atoms with Gasteiger partial charge in [0.2, 0.25) is 0 Å². The molecule has 0 saturated heterocycles. The van der Waals surface area contributed by atoms with Crippen molar-refractivity contribution in [2.24, 2.45) is 0 Å². The topological polar surface area (TPSA) is 72.3 Å². The summed E-state index contributed by atoms with van der Waals surface area (Å²) in [5.74, 6) is 0.284. The molecule has 0 radical (unpaired) electrons. The van der Waals surface area contributed by atoms with Crippen LogP contribution in [0.4, 0.5) is 11.4 Å². The number of nitrogens with zero attached hydrogens (tertiary/aromatic N) is 4. The van der Waals surface area contributed by atoms with Gasteiger partial charge < -0.3 is 15.0 Å². The van der Waals surface area contributed by atoms with Gasteiger partial charge >= 0.3 is 0 Å². The molecule has 7 heteroatoms. The van der Waals surface area contributed by atoms with Crippen LogP contribution in [-0.2, 0) is 0 Å². The smallest absolute Gasteiger partial charge is 0.259 e. The van der Waals surface area contributed by atoms with Gasteiger partial charge in [-0.1, -0.05) is 12.1 Å². The van der Waals surface area contributed by atoms with Gasteiger partial charge in [0.25, 0.3) is 5.91 Å². The van der Waals surface area contributed by atoms with Crippen LogP contribution in [0.25, 0.3) is 16.7 Å². The summed E-state index contributed by atoms with van der Waals surface area (Å²) < 4.78 is 5.26. The Labute approximate surface area is 168 Å². The first kappa shape index (κ1) is 18.5. The Hall–Kier alpha value is -3.87. The number of fused-ring (bicyclic) bond motifs is 1. The number of nitrogens with one attached hydrogen (secondary N) is 1. The lowest BCUT2D eigenvalue weighted by atomic mass is 10.2. The van der Waals surface area contributed by atoms with E-state index in [0.717, 1.165) is 16.9 Å². The molecule has 3 aromatic carbocycles. The highest BCUT2D eigenvalue weighted by Crippen LogP contribution is 2.22. The van der Waals surface area contributed by atoms with Crippen LogP contribution in [0.5, 0.6) is 5.75 Å². The Morgan fingerprint density at radius 3 is 2.41 bits per heavy atom. The second-order valence-corrected chi connectivity index (χ2v) is 6.76. The van der Waals surface area contributed by atoms with Crippen molar-refractivity contribution >= 4 is 28.3 Å². The number of ether oxygens (including phenoxy) is 1. The quantitative estimate of drug-likeness (QED) is 0.565. The maximum Gasteiger partial charge on any atom is 0.259 e. The molecule has 4 rings (SSSR count). The zero-order valence-corrected chi connectivity index (χ0v) is 16.5. The minimum Gasteiger partial charge on any atom is -0.496 e. The van der Waals surface area contributed by atoms with Crippen molar-refractivity contribution in [2.75, 3.05) is 31.4 Å². The van der Waals surface area contributed by atoms with Crippen LogP contribution in [0.3, 0.4) is 0 Å². The third-order valence-electron chi connectivity index (χ3n) is 4.59. The molecule has 1 heterocycles. The number of anilines is 2. The molecule has 1 aromatic heterocycles. The highest BCUT2D eigenvalue weighted by atomic mass is 16.5. The fraction of sp³-hybridized carbons (Fsp3) is 0.136. The summed E-state index contributed by atoms with van der Waals surface area (Å²) in [6, 6.07) is 20.5. The monoisotopic (exact) mass is 387 g/mol. The van der Waals surface area contributed by atoms with Crippen LogP contribution in [0.1, 0.15) is 10.4 Å². The molecule has 1 amide bonds. The molecule has 0 aliphatic heterocycles. The van der Waals surface area contributed by atoms with E-state index in [1.807, 2.05) is 61.5 Å². The minimum absolute atomic E-state index is 0.242. The van der Waals surface area contributed by atoms with Gasteiger partial charge in [-0.05, 0) is 54.6 Å². The summed E-state index contributed by atoms with van der Waals surface area (Å²) in [7, 11) is 5.54. The number of carbonyl (C=O) groups excluding carboxylic acids is 1. The number of hydrogen-bond acceptors (Lipinski definition) is 5. The highest BCUT2D eigenvalue weighted by Gasteiger charge is 2.13. The third kappa shape index (κ3) is 3.75. The normalized spacial score (nSPS) is 10.7. The first-order valence-electron chi connectivity index (χ1n) is 9.14. The predicted molar refractivity (Wildman–Crippen MR) is 114 cm³/mol. The van der Waals surface area contributed by atoms with Crippen molar-refractivity contribution in [3.05, 3.63) is 72.3 Å².